The maximum absolute atomic E-state index is 12.5. The lowest BCUT2D eigenvalue weighted by molar-refractivity contribution is -0.121. The van der Waals surface area contributed by atoms with Crippen LogP contribution in [0.2, 0.25) is 0 Å². The van der Waals surface area contributed by atoms with Crippen molar-refractivity contribution in [1.29, 1.82) is 0 Å². The number of benzene rings is 1. The number of carbonyl (C=O) groups is 1. The summed E-state index contributed by atoms with van der Waals surface area (Å²) >= 11 is 0. The average Bonchev–Trinajstić information content (AvgIpc) is 3.20. The molecule has 128 valence electrons. The van der Waals surface area contributed by atoms with E-state index in [2.05, 4.69) is 10.0 Å². The molecule has 0 heterocycles. The highest BCUT2D eigenvalue weighted by Gasteiger charge is 2.28. The van der Waals surface area contributed by atoms with Crippen molar-refractivity contribution in [3.63, 3.8) is 0 Å². The standard InChI is InChI=1S/C17H26N2O3S/c1-11-9-12(2)17(13(3)10-11)23(21,22)18-8-7-16(20)19-14(4)15-5-6-15/h9-10,14-15,18H,5-8H2,1-4H3,(H,19,20). The van der Waals surface area contributed by atoms with Gasteiger partial charge in [0, 0.05) is 19.0 Å². The van der Waals surface area contributed by atoms with Crippen molar-refractivity contribution in [3.05, 3.63) is 28.8 Å². The van der Waals surface area contributed by atoms with Crippen molar-refractivity contribution >= 4 is 15.9 Å². The highest BCUT2D eigenvalue weighted by Crippen LogP contribution is 2.32. The molecule has 5 nitrogen and oxygen atoms in total. The van der Waals surface area contributed by atoms with Crippen LogP contribution in [0.3, 0.4) is 0 Å². The second-order valence-electron chi connectivity index (χ2n) is 6.57. The fraction of sp³-hybridized carbons (Fsp3) is 0.588. The number of aryl methyl sites for hydroxylation is 3. The Balaban J connectivity index is 1.93. The van der Waals surface area contributed by atoms with Gasteiger partial charge in [0.25, 0.3) is 0 Å². The van der Waals surface area contributed by atoms with Gasteiger partial charge in [-0.3, -0.25) is 4.79 Å². The summed E-state index contributed by atoms with van der Waals surface area (Å²) in [5.41, 5.74) is 2.48. The van der Waals surface area contributed by atoms with Crippen LogP contribution >= 0.6 is 0 Å². The molecule has 1 fully saturated rings. The van der Waals surface area contributed by atoms with Gasteiger partial charge in [0.2, 0.25) is 15.9 Å². The first-order valence-electron chi connectivity index (χ1n) is 8.07. The lowest BCUT2D eigenvalue weighted by Gasteiger charge is -2.14. The average molecular weight is 338 g/mol. The largest absolute Gasteiger partial charge is 0.353 e. The molecule has 1 aliphatic rings. The van der Waals surface area contributed by atoms with Gasteiger partial charge >= 0.3 is 0 Å². The Labute approximate surface area is 138 Å². The van der Waals surface area contributed by atoms with Gasteiger partial charge in [-0.1, -0.05) is 17.7 Å². The van der Waals surface area contributed by atoms with E-state index < -0.39 is 10.0 Å². The molecular weight excluding hydrogens is 312 g/mol. The highest BCUT2D eigenvalue weighted by atomic mass is 32.2. The van der Waals surface area contributed by atoms with Crippen molar-refractivity contribution in [1.82, 2.24) is 10.0 Å². The topological polar surface area (TPSA) is 75.3 Å². The van der Waals surface area contributed by atoms with E-state index in [0.29, 0.717) is 10.8 Å². The predicted molar refractivity (Wildman–Crippen MR) is 90.8 cm³/mol. The van der Waals surface area contributed by atoms with Crippen molar-refractivity contribution in [2.24, 2.45) is 5.92 Å². The van der Waals surface area contributed by atoms with Crippen LogP contribution in [0, 0.1) is 26.7 Å². The lowest BCUT2D eigenvalue weighted by Crippen LogP contribution is -2.36. The minimum atomic E-state index is -3.60. The SMILES string of the molecule is Cc1cc(C)c(S(=O)(=O)NCCC(=O)NC(C)C2CC2)c(C)c1. The van der Waals surface area contributed by atoms with Gasteiger partial charge in [-0.25, -0.2) is 13.1 Å². The highest BCUT2D eigenvalue weighted by molar-refractivity contribution is 7.89. The van der Waals surface area contributed by atoms with E-state index in [0.717, 1.165) is 16.7 Å². The molecule has 1 atom stereocenters. The summed E-state index contributed by atoms with van der Waals surface area (Å²) in [6.07, 6.45) is 2.49. The van der Waals surface area contributed by atoms with Crippen LogP contribution in [-0.2, 0) is 14.8 Å². The van der Waals surface area contributed by atoms with E-state index in [-0.39, 0.29) is 24.9 Å². The van der Waals surface area contributed by atoms with Gasteiger partial charge in [-0.2, -0.15) is 0 Å². The molecular formula is C17H26N2O3S. The molecule has 0 bridgehead atoms. The molecule has 1 aromatic rings. The Hall–Kier alpha value is -1.40. The van der Waals surface area contributed by atoms with Gasteiger partial charge in [0.15, 0.2) is 0 Å². The number of nitrogens with one attached hydrogen (secondary N) is 2. The molecule has 2 N–H and O–H groups in total. The Bertz CT molecular complexity index is 671. The maximum Gasteiger partial charge on any atom is 0.241 e. The summed E-state index contributed by atoms with van der Waals surface area (Å²) < 4.78 is 27.5. The van der Waals surface area contributed by atoms with Gasteiger partial charge in [-0.05, 0) is 57.6 Å². The molecule has 1 aromatic carbocycles. The van der Waals surface area contributed by atoms with E-state index in [4.69, 9.17) is 0 Å². The van der Waals surface area contributed by atoms with Crippen LogP contribution in [0.25, 0.3) is 0 Å². The van der Waals surface area contributed by atoms with E-state index in [1.165, 1.54) is 12.8 Å². The summed E-state index contributed by atoms with van der Waals surface area (Å²) in [6.45, 7) is 7.63. The minimum Gasteiger partial charge on any atom is -0.353 e. The second kappa shape index (κ2) is 7.01. The van der Waals surface area contributed by atoms with Crippen LogP contribution in [0.4, 0.5) is 0 Å². The molecule has 1 unspecified atom stereocenters. The van der Waals surface area contributed by atoms with Crippen LogP contribution < -0.4 is 10.0 Å². The van der Waals surface area contributed by atoms with Crippen LogP contribution in [-0.4, -0.2) is 26.9 Å². The zero-order chi connectivity index (χ0) is 17.2. The van der Waals surface area contributed by atoms with Gasteiger partial charge in [0.05, 0.1) is 4.90 Å². The van der Waals surface area contributed by atoms with Crippen molar-refractivity contribution in [3.8, 4) is 0 Å². The molecule has 1 aliphatic carbocycles. The van der Waals surface area contributed by atoms with Crippen molar-refractivity contribution in [2.75, 3.05) is 6.54 Å². The maximum atomic E-state index is 12.5. The molecule has 0 radical (unpaired) electrons. The Morgan fingerprint density at radius 2 is 1.78 bits per heavy atom. The molecule has 0 aliphatic heterocycles. The molecule has 1 saturated carbocycles. The van der Waals surface area contributed by atoms with Crippen LogP contribution in [0.15, 0.2) is 17.0 Å². The Morgan fingerprint density at radius 1 is 1.22 bits per heavy atom. The zero-order valence-corrected chi connectivity index (χ0v) is 15.1. The third-order valence-electron chi connectivity index (χ3n) is 4.24. The summed E-state index contributed by atoms with van der Waals surface area (Å²) in [5.74, 6) is 0.484. The summed E-state index contributed by atoms with van der Waals surface area (Å²) in [5, 5.41) is 2.92. The fourth-order valence-corrected chi connectivity index (χ4v) is 4.48. The van der Waals surface area contributed by atoms with E-state index in [9.17, 15) is 13.2 Å². The molecule has 0 spiro atoms. The summed E-state index contributed by atoms with van der Waals surface area (Å²) in [7, 11) is -3.60. The molecule has 2 rings (SSSR count). The number of amides is 1. The summed E-state index contributed by atoms with van der Waals surface area (Å²) in [6, 6.07) is 3.89. The smallest absolute Gasteiger partial charge is 0.241 e. The monoisotopic (exact) mass is 338 g/mol. The van der Waals surface area contributed by atoms with Gasteiger partial charge in [-0.15, -0.1) is 0 Å². The Kier molecular flexibility index (Phi) is 5.47. The number of hydrogen-bond donors (Lipinski definition) is 2. The number of carbonyl (C=O) groups excluding carboxylic acids is 1. The third kappa shape index (κ3) is 4.78. The first-order chi connectivity index (χ1) is 10.7. The predicted octanol–water partition coefficient (Wildman–Crippen LogP) is 2.19. The minimum absolute atomic E-state index is 0.107. The molecule has 23 heavy (non-hydrogen) atoms. The van der Waals surface area contributed by atoms with Crippen molar-refractivity contribution in [2.45, 2.75) is 57.9 Å². The number of sulfonamides is 1. The van der Waals surface area contributed by atoms with E-state index >= 15 is 0 Å². The van der Waals surface area contributed by atoms with Crippen LogP contribution in [0.1, 0.15) is 42.9 Å². The fourth-order valence-electron chi connectivity index (χ4n) is 3.00. The quantitative estimate of drug-likeness (QED) is 0.800. The van der Waals surface area contributed by atoms with Gasteiger partial charge in [0.1, 0.15) is 0 Å². The third-order valence-corrected chi connectivity index (χ3v) is 6.00. The lowest BCUT2D eigenvalue weighted by atomic mass is 10.1. The zero-order valence-electron chi connectivity index (χ0n) is 14.3. The molecule has 0 aromatic heterocycles. The normalized spacial score (nSPS) is 16.2. The number of hydrogen-bond acceptors (Lipinski definition) is 3. The molecule has 6 heteroatoms. The van der Waals surface area contributed by atoms with E-state index in [1.807, 2.05) is 26.0 Å². The molecule has 0 saturated heterocycles. The van der Waals surface area contributed by atoms with E-state index in [1.54, 1.807) is 13.8 Å². The molecule has 1 amide bonds. The van der Waals surface area contributed by atoms with Crippen LogP contribution in [0.5, 0.6) is 0 Å². The second-order valence-corrected chi connectivity index (χ2v) is 8.27. The Morgan fingerprint density at radius 3 is 2.30 bits per heavy atom. The summed E-state index contributed by atoms with van der Waals surface area (Å²) in [4.78, 5) is 12.2. The van der Waals surface area contributed by atoms with Crippen molar-refractivity contribution < 1.29 is 13.2 Å². The number of rotatable bonds is 7. The van der Waals surface area contributed by atoms with Gasteiger partial charge < -0.3 is 5.32 Å². The first-order valence-corrected chi connectivity index (χ1v) is 9.56. The first kappa shape index (κ1) is 17.9.